The summed E-state index contributed by atoms with van der Waals surface area (Å²) in [4.78, 5) is 24.1. The van der Waals surface area contributed by atoms with Crippen molar-refractivity contribution >= 4 is 28.6 Å². The number of nitrogens with one attached hydrogen (secondary N) is 2. The van der Waals surface area contributed by atoms with E-state index in [0.717, 1.165) is 42.8 Å². The van der Waals surface area contributed by atoms with Gasteiger partial charge < -0.3 is 30.6 Å². The zero-order valence-corrected chi connectivity index (χ0v) is 21.7. The van der Waals surface area contributed by atoms with Crippen molar-refractivity contribution in [2.75, 3.05) is 48.8 Å². The average Bonchev–Trinajstić information content (AvgIpc) is 3.32. The molecule has 0 radical (unpaired) electrons. The highest BCUT2D eigenvalue weighted by Crippen LogP contribution is 2.42. The van der Waals surface area contributed by atoms with Crippen LogP contribution in [0, 0.1) is 0 Å². The summed E-state index contributed by atoms with van der Waals surface area (Å²) in [6.07, 6.45) is 3.54. The van der Waals surface area contributed by atoms with Gasteiger partial charge in [-0.25, -0.2) is 14.8 Å². The second-order valence-corrected chi connectivity index (χ2v) is 11.2. The van der Waals surface area contributed by atoms with Crippen molar-refractivity contribution in [3.63, 3.8) is 0 Å². The Morgan fingerprint density at radius 1 is 1.19 bits per heavy atom. The lowest BCUT2D eigenvalue weighted by Gasteiger charge is -2.32. The normalized spacial score (nSPS) is 18.6. The minimum Gasteiger partial charge on any atom is -0.772 e. The van der Waals surface area contributed by atoms with Crippen LogP contribution >= 0.6 is 0 Å². The van der Waals surface area contributed by atoms with Gasteiger partial charge in [-0.2, -0.15) is 0 Å². The number of urea groups is 1. The standard InChI is InChI=1S/C25H36N6O4S/c1-24(2,26)16-27-23(32)28-19-7-5-18(6-8-19)22-29-20(25(17-36(33)34)9-3-4-10-25)15-21(30-22)31-11-13-35-14-12-31/h5-8,15H,3-4,9-14,16-17,26H2,1-2H3,(H,33,34)(H2,27,28,32)/p-1. The fourth-order valence-corrected chi connectivity index (χ4v) is 5.62. The molecule has 1 saturated carbocycles. The smallest absolute Gasteiger partial charge is 0.319 e. The van der Waals surface area contributed by atoms with E-state index in [9.17, 15) is 13.6 Å². The molecule has 10 nitrogen and oxygen atoms in total. The first-order chi connectivity index (χ1) is 17.1. The number of aromatic nitrogens is 2. The summed E-state index contributed by atoms with van der Waals surface area (Å²) in [5.41, 5.74) is 7.12. The Morgan fingerprint density at radius 3 is 2.47 bits per heavy atom. The molecule has 11 heteroatoms. The minimum atomic E-state index is -2.17. The summed E-state index contributed by atoms with van der Waals surface area (Å²) in [5, 5.41) is 5.56. The molecule has 2 aromatic rings. The molecule has 2 amide bonds. The number of amides is 2. The van der Waals surface area contributed by atoms with Crippen LogP contribution < -0.4 is 21.3 Å². The van der Waals surface area contributed by atoms with E-state index in [4.69, 9.17) is 20.4 Å². The Labute approximate surface area is 214 Å². The maximum atomic E-state index is 12.2. The van der Waals surface area contributed by atoms with Gasteiger partial charge >= 0.3 is 6.03 Å². The molecule has 0 spiro atoms. The van der Waals surface area contributed by atoms with Gasteiger partial charge in [0.2, 0.25) is 0 Å². The molecule has 2 aliphatic rings. The lowest BCUT2D eigenvalue weighted by atomic mass is 9.84. The summed E-state index contributed by atoms with van der Waals surface area (Å²) in [6.45, 7) is 6.69. The van der Waals surface area contributed by atoms with Crippen molar-refractivity contribution in [3.05, 3.63) is 36.0 Å². The average molecular weight is 516 g/mol. The predicted molar refractivity (Wildman–Crippen MR) is 140 cm³/mol. The predicted octanol–water partition coefficient (Wildman–Crippen LogP) is 2.53. The maximum Gasteiger partial charge on any atom is 0.319 e. The number of carbonyl (C=O) groups excluding carboxylic acids is 1. The van der Waals surface area contributed by atoms with Crippen molar-refractivity contribution in [1.29, 1.82) is 0 Å². The van der Waals surface area contributed by atoms with Crippen molar-refractivity contribution in [1.82, 2.24) is 15.3 Å². The summed E-state index contributed by atoms with van der Waals surface area (Å²) in [7, 11) is 0. The third-order valence-electron chi connectivity index (χ3n) is 6.65. The van der Waals surface area contributed by atoms with Crippen LogP contribution in [0.15, 0.2) is 30.3 Å². The quantitative estimate of drug-likeness (QED) is 0.455. The molecular formula is C25H35N6O4S-. The third kappa shape index (κ3) is 6.78. The van der Waals surface area contributed by atoms with Crippen LogP contribution in [-0.4, -0.2) is 68.9 Å². The molecular weight excluding hydrogens is 480 g/mol. The van der Waals surface area contributed by atoms with Gasteiger partial charge in [0.15, 0.2) is 5.82 Å². The number of rotatable bonds is 8. The Kier molecular flexibility index (Phi) is 8.23. The highest BCUT2D eigenvalue weighted by molar-refractivity contribution is 7.79. The molecule has 196 valence electrons. The molecule has 1 saturated heterocycles. The number of benzene rings is 1. The molecule has 0 bridgehead atoms. The fraction of sp³-hybridized carbons (Fsp3) is 0.560. The number of ether oxygens (including phenoxy) is 1. The van der Waals surface area contributed by atoms with Crippen LogP contribution in [-0.2, 0) is 21.2 Å². The summed E-state index contributed by atoms with van der Waals surface area (Å²) in [5.74, 6) is 1.38. The first-order valence-corrected chi connectivity index (χ1v) is 13.6. The van der Waals surface area contributed by atoms with Gasteiger partial charge in [0.05, 0.1) is 18.9 Å². The zero-order chi connectivity index (χ0) is 25.8. The highest BCUT2D eigenvalue weighted by Gasteiger charge is 2.38. The molecule has 1 unspecified atom stereocenters. The van der Waals surface area contributed by atoms with E-state index in [1.165, 1.54) is 0 Å². The number of carbonyl (C=O) groups is 1. The number of anilines is 2. The van der Waals surface area contributed by atoms with E-state index in [0.29, 0.717) is 44.4 Å². The molecule has 1 aliphatic carbocycles. The molecule has 1 aliphatic heterocycles. The van der Waals surface area contributed by atoms with Gasteiger partial charge in [0.25, 0.3) is 0 Å². The zero-order valence-electron chi connectivity index (χ0n) is 20.9. The van der Waals surface area contributed by atoms with Crippen LogP contribution in [0.3, 0.4) is 0 Å². The number of nitrogens with two attached hydrogens (primary N) is 1. The number of nitrogens with zero attached hydrogens (tertiary/aromatic N) is 3. The minimum absolute atomic E-state index is 0.0591. The lowest BCUT2D eigenvalue weighted by molar-refractivity contribution is 0.122. The SMILES string of the molecule is CC(C)(N)CNC(=O)Nc1ccc(-c2nc(N3CCOCC3)cc(C3(CS(=O)[O-])CCCC3)n2)cc1. The largest absolute Gasteiger partial charge is 0.772 e. The van der Waals surface area contributed by atoms with Gasteiger partial charge in [-0.05, 0) is 51.0 Å². The van der Waals surface area contributed by atoms with E-state index in [1.54, 1.807) is 12.1 Å². The fourth-order valence-electron chi connectivity index (χ4n) is 4.73. The van der Waals surface area contributed by atoms with Crippen LogP contribution in [0.2, 0.25) is 0 Å². The van der Waals surface area contributed by atoms with Crippen LogP contribution in [0.1, 0.15) is 45.2 Å². The molecule has 1 aromatic carbocycles. The first kappa shape index (κ1) is 26.5. The summed E-state index contributed by atoms with van der Waals surface area (Å²) in [6, 6.07) is 8.94. The maximum absolute atomic E-state index is 12.2. The van der Waals surface area contributed by atoms with Gasteiger partial charge in [-0.3, -0.25) is 4.21 Å². The van der Waals surface area contributed by atoms with E-state index in [1.807, 2.05) is 32.0 Å². The van der Waals surface area contributed by atoms with Crippen molar-refractivity contribution in [3.8, 4) is 11.4 Å². The molecule has 2 heterocycles. The number of hydrogen-bond acceptors (Lipinski definition) is 8. The van der Waals surface area contributed by atoms with Gasteiger partial charge in [-0.1, -0.05) is 23.9 Å². The topological polar surface area (TPSA) is 146 Å². The number of hydrogen-bond donors (Lipinski definition) is 3. The summed E-state index contributed by atoms with van der Waals surface area (Å²) >= 11 is -2.17. The van der Waals surface area contributed by atoms with Crippen LogP contribution in [0.4, 0.5) is 16.3 Å². The molecule has 1 aromatic heterocycles. The van der Waals surface area contributed by atoms with Crippen molar-refractivity contribution in [2.45, 2.75) is 50.5 Å². The molecule has 1 atom stereocenters. The molecule has 4 rings (SSSR count). The Hall–Kier alpha value is -2.60. The van der Waals surface area contributed by atoms with Gasteiger partial charge in [-0.15, -0.1) is 0 Å². The van der Waals surface area contributed by atoms with E-state index < -0.39 is 22.0 Å². The molecule has 36 heavy (non-hydrogen) atoms. The monoisotopic (exact) mass is 515 g/mol. The van der Waals surface area contributed by atoms with Gasteiger partial charge in [0, 0.05) is 53.7 Å². The third-order valence-corrected chi connectivity index (χ3v) is 7.44. The van der Waals surface area contributed by atoms with E-state index in [2.05, 4.69) is 15.5 Å². The Morgan fingerprint density at radius 2 is 1.86 bits per heavy atom. The van der Waals surface area contributed by atoms with E-state index in [-0.39, 0.29) is 11.8 Å². The van der Waals surface area contributed by atoms with Crippen LogP contribution in [0.5, 0.6) is 0 Å². The highest BCUT2D eigenvalue weighted by atomic mass is 32.2. The summed E-state index contributed by atoms with van der Waals surface area (Å²) < 4.78 is 29.1. The van der Waals surface area contributed by atoms with Gasteiger partial charge in [0.1, 0.15) is 5.82 Å². The Bertz CT molecular complexity index is 1080. The molecule has 2 fully saturated rings. The first-order valence-electron chi connectivity index (χ1n) is 12.4. The molecule has 4 N–H and O–H groups in total. The van der Waals surface area contributed by atoms with Crippen molar-refractivity contribution < 1.29 is 18.3 Å². The second-order valence-electron chi connectivity index (χ2n) is 10.3. The lowest BCUT2D eigenvalue weighted by Crippen LogP contribution is -2.46. The van der Waals surface area contributed by atoms with Crippen molar-refractivity contribution in [2.24, 2.45) is 5.73 Å². The second kappa shape index (κ2) is 11.2. The van der Waals surface area contributed by atoms with E-state index >= 15 is 0 Å². The number of morpholine rings is 1. The Balaban J connectivity index is 1.62. The van der Waals surface area contributed by atoms with Crippen LogP contribution in [0.25, 0.3) is 11.4 Å².